The van der Waals surface area contributed by atoms with E-state index in [1.165, 1.54) is 0 Å². The van der Waals surface area contributed by atoms with Crippen molar-refractivity contribution in [2.75, 3.05) is 31.6 Å². The van der Waals surface area contributed by atoms with Gasteiger partial charge in [-0.1, -0.05) is 12.1 Å². The summed E-state index contributed by atoms with van der Waals surface area (Å²) in [4.78, 5) is 26.2. The molecule has 0 aliphatic carbocycles. The van der Waals surface area contributed by atoms with Crippen molar-refractivity contribution < 1.29 is 23.8 Å². The van der Waals surface area contributed by atoms with Gasteiger partial charge < -0.3 is 19.1 Å². The molecule has 1 N–H and O–H groups in total. The first-order valence-corrected chi connectivity index (χ1v) is 9.39. The standard InChI is InChI=1S/C20H28N2O5/c1-19(2,3)27-18(24)21-16-6-4-15(5-7-16)14-17(23)22-10-8-20(9-11-22)25-12-13-26-20/h4-7H,8-14H2,1-3H3,(H,21,24). The van der Waals surface area contributed by atoms with Gasteiger partial charge in [0, 0.05) is 31.6 Å². The summed E-state index contributed by atoms with van der Waals surface area (Å²) in [6.07, 6.45) is 1.28. The third-order valence-corrected chi connectivity index (χ3v) is 4.65. The summed E-state index contributed by atoms with van der Waals surface area (Å²) >= 11 is 0. The smallest absolute Gasteiger partial charge is 0.412 e. The molecule has 1 aromatic rings. The summed E-state index contributed by atoms with van der Waals surface area (Å²) in [6.45, 7) is 8.02. The largest absolute Gasteiger partial charge is 0.444 e. The number of carbonyl (C=O) groups is 2. The molecule has 2 aliphatic heterocycles. The van der Waals surface area contributed by atoms with Crippen LogP contribution in [-0.2, 0) is 25.4 Å². The van der Waals surface area contributed by atoms with E-state index >= 15 is 0 Å². The molecule has 1 spiro atoms. The first kappa shape index (κ1) is 19.6. The lowest BCUT2D eigenvalue weighted by Crippen LogP contribution is -2.47. The van der Waals surface area contributed by atoms with Crippen molar-refractivity contribution in [2.45, 2.75) is 51.4 Å². The first-order chi connectivity index (χ1) is 12.7. The van der Waals surface area contributed by atoms with E-state index in [0.29, 0.717) is 38.4 Å². The summed E-state index contributed by atoms with van der Waals surface area (Å²) in [5.74, 6) is -0.373. The molecule has 2 heterocycles. The molecule has 0 aromatic heterocycles. The van der Waals surface area contributed by atoms with Gasteiger partial charge in [0.2, 0.25) is 5.91 Å². The minimum Gasteiger partial charge on any atom is -0.444 e. The third kappa shape index (κ3) is 5.43. The number of amides is 2. The fraction of sp³-hybridized carbons (Fsp3) is 0.600. The molecule has 0 radical (unpaired) electrons. The van der Waals surface area contributed by atoms with E-state index in [4.69, 9.17) is 14.2 Å². The Morgan fingerprint density at radius 3 is 2.26 bits per heavy atom. The molecule has 2 fully saturated rings. The molecule has 7 nitrogen and oxygen atoms in total. The summed E-state index contributed by atoms with van der Waals surface area (Å²) in [6, 6.07) is 7.24. The Hall–Kier alpha value is -2.12. The van der Waals surface area contributed by atoms with Gasteiger partial charge in [-0.25, -0.2) is 4.79 Å². The molecule has 0 bridgehead atoms. The van der Waals surface area contributed by atoms with Crippen LogP contribution in [-0.4, -0.2) is 54.6 Å². The number of anilines is 1. The molecule has 1 aromatic carbocycles. The Morgan fingerprint density at radius 2 is 1.70 bits per heavy atom. The second-order valence-electron chi connectivity index (χ2n) is 7.99. The summed E-state index contributed by atoms with van der Waals surface area (Å²) in [5, 5.41) is 2.69. The van der Waals surface area contributed by atoms with Crippen molar-refractivity contribution in [1.82, 2.24) is 4.90 Å². The zero-order chi connectivity index (χ0) is 19.5. The van der Waals surface area contributed by atoms with Crippen LogP contribution in [0.15, 0.2) is 24.3 Å². The Bertz CT molecular complexity index is 665. The van der Waals surface area contributed by atoms with E-state index < -0.39 is 17.5 Å². The minimum atomic E-state index is -0.544. The second-order valence-corrected chi connectivity index (χ2v) is 7.99. The van der Waals surface area contributed by atoms with Gasteiger partial charge in [0.15, 0.2) is 5.79 Å². The van der Waals surface area contributed by atoms with Crippen LogP contribution in [0.4, 0.5) is 10.5 Å². The van der Waals surface area contributed by atoms with Gasteiger partial charge in [0.05, 0.1) is 19.6 Å². The molecule has 0 atom stereocenters. The number of carbonyl (C=O) groups excluding carboxylic acids is 2. The van der Waals surface area contributed by atoms with Crippen LogP contribution in [0, 0.1) is 0 Å². The highest BCUT2D eigenvalue weighted by Gasteiger charge is 2.40. The second kappa shape index (κ2) is 7.86. The number of hydrogen-bond acceptors (Lipinski definition) is 5. The molecule has 7 heteroatoms. The molecular formula is C20H28N2O5. The van der Waals surface area contributed by atoms with Crippen molar-refractivity contribution in [2.24, 2.45) is 0 Å². The predicted molar refractivity (Wildman–Crippen MR) is 100 cm³/mol. The quantitative estimate of drug-likeness (QED) is 0.878. The molecule has 2 saturated heterocycles. The molecular weight excluding hydrogens is 348 g/mol. The minimum absolute atomic E-state index is 0.0932. The average molecular weight is 376 g/mol. The average Bonchev–Trinajstić information content (AvgIpc) is 3.03. The van der Waals surface area contributed by atoms with Crippen molar-refractivity contribution in [3.8, 4) is 0 Å². The Kier molecular flexibility index (Phi) is 5.72. The number of nitrogens with zero attached hydrogens (tertiary/aromatic N) is 1. The van der Waals surface area contributed by atoms with E-state index in [1.807, 2.05) is 37.8 Å². The van der Waals surface area contributed by atoms with Gasteiger partial charge in [-0.2, -0.15) is 0 Å². The van der Waals surface area contributed by atoms with Crippen LogP contribution >= 0.6 is 0 Å². The van der Waals surface area contributed by atoms with Crippen LogP contribution in [0.1, 0.15) is 39.2 Å². The Labute approximate surface area is 160 Å². The van der Waals surface area contributed by atoms with Gasteiger partial charge in [-0.15, -0.1) is 0 Å². The van der Waals surface area contributed by atoms with Crippen molar-refractivity contribution in [3.05, 3.63) is 29.8 Å². The summed E-state index contributed by atoms with van der Waals surface area (Å²) < 4.78 is 16.6. The van der Waals surface area contributed by atoms with E-state index in [1.54, 1.807) is 12.1 Å². The van der Waals surface area contributed by atoms with Crippen LogP contribution in [0.25, 0.3) is 0 Å². The third-order valence-electron chi connectivity index (χ3n) is 4.65. The van der Waals surface area contributed by atoms with Crippen LogP contribution < -0.4 is 5.32 Å². The van der Waals surface area contributed by atoms with Gasteiger partial charge >= 0.3 is 6.09 Å². The summed E-state index contributed by atoms with van der Waals surface area (Å²) in [7, 11) is 0. The molecule has 2 amide bonds. The molecule has 2 aliphatic rings. The molecule has 0 saturated carbocycles. The predicted octanol–water partition coefficient (Wildman–Crippen LogP) is 2.94. The fourth-order valence-corrected chi connectivity index (χ4v) is 3.30. The van der Waals surface area contributed by atoms with Crippen LogP contribution in [0.3, 0.4) is 0 Å². The van der Waals surface area contributed by atoms with Crippen LogP contribution in [0.5, 0.6) is 0 Å². The van der Waals surface area contributed by atoms with E-state index in [0.717, 1.165) is 18.4 Å². The lowest BCUT2D eigenvalue weighted by molar-refractivity contribution is -0.187. The van der Waals surface area contributed by atoms with Crippen molar-refractivity contribution >= 4 is 17.7 Å². The monoisotopic (exact) mass is 376 g/mol. The number of piperidine rings is 1. The number of ether oxygens (including phenoxy) is 3. The molecule has 148 valence electrons. The van der Waals surface area contributed by atoms with Crippen molar-refractivity contribution in [3.63, 3.8) is 0 Å². The SMILES string of the molecule is CC(C)(C)OC(=O)Nc1ccc(CC(=O)N2CCC3(CC2)OCCO3)cc1. The number of benzene rings is 1. The van der Waals surface area contributed by atoms with E-state index in [2.05, 4.69) is 5.32 Å². The van der Waals surface area contributed by atoms with Crippen LogP contribution in [0.2, 0.25) is 0 Å². The highest BCUT2D eigenvalue weighted by Crippen LogP contribution is 2.31. The normalized spacial score (nSPS) is 19.1. The molecule has 3 rings (SSSR count). The zero-order valence-electron chi connectivity index (χ0n) is 16.2. The van der Waals surface area contributed by atoms with Gasteiger partial charge in [0.1, 0.15) is 5.60 Å². The highest BCUT2D eigenvalue weighted by molar-refractivity contribution is 5.85. The number of likely N-dealkylation sites (tertiary alicyclic amines) is 1. The summed E-state index contributed by atoms with van der Waals surface area (Å²) in [5.41, 5.74) is 0.997. The fourth-order valence-electron chi connectivity index (χ4n) is 3.30. The van der Waals surface area contributed by atoms with Gasteiger partial charge in [0.25, 0.3) is 0 Å². The highest BCUT2D eigenvalue weighted by atomic mass is 16.7. The maximum atomic E-state index is 12.5. The number of nitrogens with one attached hydrogen (secondary N) is 1. The van der Waals surface area contributed by atoms with Gasteiger partial charge in [-0.3, -0.25) is 10.1 Å². The lowest BCUT2D eigenvalue weighted by atomic mass is 10.0. The molecule has 27 heavy (non-hydrogen) atoms. The van der Waals surface area contributed by atoms with E-state index in [-0.39, 0.29) is 5.91 Å². The maximum Gasteiger partial charge on any atom is 0.412 e. The lowest BCUT2D eigenvalue weighted by Gasteiger charge is -2.37. The van der Waals surface area contributed by atoms with Crippen molar-refractivity contribution in [1.29, 1.82) is 0 Å². The zero-order valence-corrected chi connectivity index (χ0v) is 16.2. The first-order valence-electron chi connectivity index (χ1n) is 9.39. The topological polar surface area (TPSA) is 77.1 Å². The van der Waals surface area contributed by atoms with E-state index in [9.17, 15) is 9.59 Å². The van der Waals surface area contributed by atoms with Gasteiger partial charge in [-0.05, 0) is 38.5 Å². The number of rotatable bonds is 3. The maximum absolute atomic E-state index is 12.5. The number of hydrogen-bond donors (Lipinski definition) is 1. The Morgan fingerprint density at radius 1 is 1.11 bits per heavy atom. The molecule has 0 unspecified atom stereocenters. The Balaban J connectivity index is 1.48.